The van der Waals surface area contributed by atoms with Crippen molar-refractivity contribution in [3.63, 3.8) is 0 Å². The summed E-state index contributed by atoms with van der Waals surface area (Å²) in [6.07, 6.45) is 0.636. The van der Waals surface area contributed by atoms with E-state index < -0.39 is 38.9 Å². The molecule has 1 N–H and O–H groups in total. The number of amides is 1. The van der Waals surface area contributed by atoms with Gasteiger partial charge in [-0.15, -0.1) is 0 Å². The number of rotatable bonds is 4. The zero-order valence-electron chi connectivity index (χ0n) is 16.8. The molecule has 3 saturated heterocycles. The van der Waals surface area contributed by atoms with Gasteiger partial charge in [0.2, 0.25) is 0 Å². The predicted octanol–water partition coefficient (Wildman–Crippen LogP) is 2.75. The fourth-order valence-corrected chi connectivity index (χ4v) is 5.20. The molecule has 1 amide bonds. The molecule has 178 valence electrons. The van der Waals surface area contributed by atoms with Gasteiger partial charge in [-0.1, -0.05) is 0 Å². The molecule has 3 aliphatic heterocycles. The monoisotopic (exact) mass is 482 g/mol. The Bertz CT molecular complexity index is 988. The Kier molecular flexibility index (Phi) is 5.78. The number of likely N-dealkylation sites (tertiary alicyclic amines) is 2. The van der Waals surface area contributed by atoms with Gasteiger partial charge in [0.05, 0.1) is 19.7 Å². The molecule has 3 heterocycles. The molecule has 1 spiro atoms. The van der Waals surface area contributed by atoms with Gasteiger partial charge in [-0.3, -0.25) is 4.90 Å². The molecule has 4 rings (SSSR count). The highest BCUT2D eigenvalue weighted by Crippen LogP contribution is 2.41. The van der Waals surface area contributed by atoms with Crippen LogP contribution in [0.4, 0.5) is 22.4 Å². The summed E-state index contributed by atoms with van der Waals surface area (Å²) in [5, 5.41) is 9.01. The summed E-state index contributed by atoms with van der Waals surface area (Å²) < 4.78 is 85.0. The van der Waals surface area contributed by atoms with E-state index >= 15 is 0 Å². The van der Waals surface area contributed by atoms with Crippen molar-refractivity contribution in [2.75, 3.05) is 32.8 Å². The maximum atomic E-state index is 13.8. The first kappa shape index (κ1) is 23.1. The molecule has 0 radical (unpaired) electrons. The Balaban J connectivity index is 1.40. The zero-order valence-corrected chi connectivity index (χ0v) is 17.7. The number of ether oxygens (including phenoxy) is 1. The molecule has 1 aromatic carbocycles. The number of carbonyl (C=O) groups is 1. The molecule has 3 fully saturated rings. The lowest BCUT2D eigenvalue weighted by Gasteiger charge is -2.45. The number of nitrogens with zero attached hydrogens (tertiary/aromatic N) is 2. The van der Waals surface area contributed by atoms with E-state index in [4.69, 9.17) is 9.84 Å². The number of benzene rings is 1. The van der Waals surface area contributed by atoms with Crippen LogP contribution < -0.4 is 4.18 Å². The van der Waals surface area contributed by atoms with Crippen LogP contribution in [0.1, 0.15) is 30.7 Å². The van der Waals surface area contributed by atoms with Crippen LogP contribution in [-0.4, -0.2) is 79.4 Å². The van der Waals surface area contributed by atoms with Gasteiger partial charge in [0.25, 0.3) is 0 Å². The third-order valence-electron chi connectivity index (χ3n) is 6.36. The predicted molar refractivity (Wildman–Crippen MR) is 102 cm³/mol. The van der Waals surface area contributed by atoms with E-state index in [2.05, 4.69) is 9.08 Å². The van der Waals surface area contributed by atoms with Gasteiger partial charge in [0, 0.05) is 11.6 Å². The summed E-state index contributed by atoms with van der Waals surface area (Å²) in [6.45, 7) is 2.22. The minimum atomic E-state index is -5.86. The average Bonchev–Trinajstić information content (AvgIpc) is 3.13. The van der Waals surface area contributed by atoms with Gasteiger partial charge in [0.15, 0.2) is 0 Å². The van der Waals surface area contributed by atoms with Crippen LogP contribution in [0, 0.1) is 5.82 Å². The fourth-order valence-electron chi connectivity index (χ4n) is 4.72. The largest absolute Gasteiger partial charge is 0.534 e. The summed E-state index contributed by atoms with van der Waals surface area (Å²) >= 11 is 0. The lowest BCUT2D eigenvalue weighted by molar-refractivity contribution is -0.0982. The molecular weight excluding hydrogens is 460 g/mol. The van der Waals surface area contributed by atoms with E-state index in [1.54, 1.807) is 0 Å². The molecule has 0 aromatic heterocycles. The molecule has 0 unspecified atom stereocenters. The highest BCUT2D eigenvalue weighted by atomic mass is 32.2. The Morgan fingerprint density at radius 2 is 1.88 bits per heavy atom. The topological polar surface area (TPSA) is 96.4 Å². The Morgan fingerprint density at radius 1 is 1.22 bits per heavy atom. The smallest absolute Gasteiger partial charge is 0.465 e. The standard InChI is InChI=1S/C19H22F4N2O6S/c20-13-1-2-16(31-32(28,29)19(21,22)23)15(7-13)12-3-5-24(6-4-12)14-8-18(30-9-14)10-25(11-18)17(26)27/h1-2,7,12,14H,3-6,8-11H2,(H,26,27)/t14-/m0/s1. The quantitative estimate of drug-likeness (QED) is 0.401. The van der Waals surface area contributed by atoms with E-state index in [1.165, 1.54) is 4.90 Å². The zero-order chi connectivity index (χ0) is 23.3. The third-order valence-corrected chi connectivity index (χ3v) is 7.32. The molecule has 32 heavy (non-hydrogen) atoms. The third kappa shape index (κ3) is 4.37. The summed E-state index contributed by atoms with van der Waals surface area (Å²) in [5.41, 5.74) is -5.96. The Morgan fingerprint density at radius 3 is 2.47 bits per heavy atom. The average molecular weight is 482 g/mol. The van der Waals surface area contributed by atoms with Crippen molar-refractivity contribution in [1.82, 2.24) is 9.80 Å². The van der Waals surface area contributed by atoms with Gasteiger partial charge < -0.3 is 18.9 Å². The van der Waals surface area contributed by atoms with E-state index in [0.29, 0.717) is 52.0 Å². The maximum Gasteiger partial charge on any atom is 0.534 e. The van der Waals surface area contributed by atoms with Crippen molar-refractivity contribution < 1.29 is 44.8 Å². The Labute approximate surface area is 181 Å². The summed E-state index contributed by atoms with van der Waals surface area (Å²) in [5.74, 6) is -1.59. The summed E-state index contributed by atoms with van der Waals surface area (Å²) in [7, 11) is -5.86. The first-order valence-corrected chi connectivity index (χ1v) is 11.5. The molecule has 0 saturated carbocycles. The highest BCUT2D eigenvalue weighted by molar-refractivity contribution is 7.88. The van der Waals surface area contributed by atoms with Crippen LogP contribution in [0.2, 0.25) is 0 Å². The van der Waals surface area contributed by atoms with E-state index in [-0.39, 0.29) is 17.5 Å². The van der Waals surface area contributed by atoms with Gasteiger partial charge in [-0.05, 0) is 56.5 Å². The maximum absolute atomic E-state index is 13.8. The van der Waals surface area contributed by atoms with E-state index in [9.17, 15) is 30.8 Å². The number of alkyl halides is 3. The summed E-state index contributed by atoms with van der Waals surface area (Å²) in [4.78, 5) is 14.4. The number of hydrogen-bond donors (Lipinski definition) is 1. The molecule has 1 atom stereocenters. The molecule has 3 aliphatic rings. The van der Waals surface area contributed by atoms with Gasteiger partial charge in [-0.2, -0.15) is 21.6 Å². The van der Waals surface area contributed by atoms with Crippen LogP contribution in [0.5, 0.6) is 5.75 Å². The first-order valence-electron chi connectivity index (χ1n) is 10.1. The van der Waals surface area contributed by atoms with Crippen LogP contribution in [0.15, 0.2) is 18.2 Å². The molecule has 1 aromatic rings. The second kappa shape index (κ2) is 8.03. The van der Waals surface area contributed by atoms with Crippen molar-refractivity contribution in [1.29, 1.82) is 0 Å². The number of piperidine rings is 1. The molecule has 13 heteroatoms. The van der Waals surface area contributed by atoms with Gasteiger partial charge in [0.1, 0.15) is 17.2 Å². The van der Waals surface area contributed by atoms with Crippen LogP contribution in [0.3, 0.4) is 0 Å². The minimum Gasteiger partial charge on any atom is -0.465 e. The van der Waals surface area contributed by atoms with Crippen molar-refractivity contribution >= 4 is 16.2 Å². The Hall–Kier alpha value is -2.12. The fraction of sp³-hybridized carbons (Fsp3) is 0.632. The molecule has 0 bridgehead atoms. The number of carboxylic acid groups (broad SMARTS) is 1. The van der Waals surface area contributed by atoms with Crippen LogP contribution in [-0.2, 0) is 14.9 Å². The number of hydrogen-bond acceptors (Lipinski definition) is 6. The first-order chi connectivity index (χ1) is 14.9. The van der Waals surface area contributed by atoms with Crippen molar-refractivity contribution in [3.8, 4) is 5.75 Å². The number of halogens is 4. The molecular formula is C19H22F4N2O6S. The minimum absolute atomic E-state index is 0.0840. The molecule has 0 aliphatic carbocycles. The second-order valence-corrected chi connectivity index (χ2v) is 10.0. The van der Waals surface area contributed by atoms with Crippen molar-refractivity contribution in [3.05, 3.63) is 29.6 Å². The lowest BCUT2D eigenvalue weighted by atomic mass is 9.86. The van der Waals surface area contributed by atoms with Crippen LogP contribution >= 0.6 is 0 Å². The van der Waals surface area contributed by atoms with Gasteiger partial charge >= 0.3 is 21.7 Å². The molecule has 8 nitrogen and oxygen atoms in total. The van der Waals surface area contributed by atoms with E-state index in [1.807, 2.05) is 0 Å². The highest BCUT2D eigenvalue weighted by Gasteiger charge is 2.53. The normalized spacial score (nSPS) is 24.5. The summed E-state index contributed by atoms with van der Waals surface area (Å²) in [6, 6.07) is 2.86. The van der Waals surface area contributed by atoms with Crippen molar-refractivity contribution in [2.45, 2.75) is 42.3 Å². The van der Waals surface area contributed by atoms with E-state index in [0.717, 1.165) is 18.2 Å². The second-order valence-electron chi connectivity index (χ2n) is 8.47. The van der Waals surface area contributed by atoms with Crippen LogP contribution in [0.25, 0.3) is 0 Å². The van der Waals surface area contributed by atoms with Gasteiger partial charge in [-0.25, -0.2) is 9.18 Å². The SMILES string of the molecule is O=C(O)N1CC2(C[C@H](N3CCC(c4cc(F)ccc4OS(=O)(=O)C(F)(F)F)CC3)CO2)C1. The van der Waals surface area contributed by atoms with Crippen molar-refractivity contribution in [2.24, 2.45) is 0 Å². The lowest BCUT2D eigenvalue weighted by Crippen LogP contribution is -2.63.